The third kappa shape index (κ3) is 3.41. The molecule has 7 nitrogen and oxygen atoms in total. The highest BCUT2D eigenvalue weighted by atomic mass is 32.1. The third-order valence-corrected chi connectivity index (χ3v) is 3.74. The Labute approximate surface area is 118 Å². The predicted octanol–water partition coefficient (Wildman–Crippen LogP) is 0.639. The number of thiazole rings is 1. The zero-order valence-corrected chi connectivity index (χ0v) is 11.9. The third-order valence-electron chi connectivity index (χ3n) is 2.75. The van der Waals surface area contributed by atoms with E-state index in [4.69, 9.17) is 0 Å². The average Bonchev–Trinajstić information content (AvgIpc) is 2.67. The van der Waals surface area contributed by atoms with Crippen LogP contribution in [0.4, 0.5) is 5.13 Å². The van der Waals surface area contributed by atoms with E-state index in [9.17, 15) is 14.4 Å². The van der Waals surface area contributed by atoms with Crippen LogP contribution in [0, 0.1) is 13.8 Å². The molecule has 0 spiro atoms. The molecule has 0 aliphatic heterocycles. The van der Waals surface area contributed by atoms with Gasteiger partial charge in [-0.05, 0) is 13.8 Å². The largest absolute Gasteiger partial charge is 0.328 e. The molecule has 0 saturated carbocycles. The number of H-pyrrole nitrogens is 1. The van der Waals surface area contributed by atoms with E-state index in [2.05, 4.69) is 15.3 Å². The van der Waals surface area contributed by atoms with Gasteiger partial charge in [0, 0.05) is 30.1 Å². The van der Waals surface area contributed by atoms with Crippen molar-refractivity contribution in [2.75, 3.05) is 5.32 Å². The zero-order valence-electron chi connectivity index (χ0n) is 11.1. The highest BCUT2D eigenvalue weighted by molar-refractivity contribution is 7.15. The van der Waals surface area contributed by atoms with Crippen molar-refractivity contribution >= 4 is 22.4 Å². The number of hydrogen-bond acceptors (Lipinski definition) is 5. The van der Waals surface area contributed by atoms with E-state index < -0.39 is 11.2 Å². The van der Waals surface area contributed by atoms with E-state index in [1.54, 1.807) is 0 Å². The lowest BCUT2D eigenvalue weighted by atomic mass is 10.4. The van der Waals surface area contributed by atoms with Crippen molar-refractivity contribution in [1.82, 2.24) is 14.5 Å². The van der Waals surface area contributed by atoms with Crippen molar-refractivity contribution < 1.29 is 4.79 Å². The van der Waals surface area contributed by atoms with Crippen molar-refractivity contribution in [3.63, 3.8) is 0 Å². The fourth-order valence-corrected chi connectivity index (χ4v) is 2.38. The lowest BCUT2D eigenvalue weighted by Gasteiger charge is -2.04. The van der Waals surface area contributed by atoms with Gasteiger partial charge in [0.25, 0.3) is 5.56 Å². The minimum absolute atomic E-state index is 0.129. The quantitative estimate of drug-likeness (QED) is 0.864. The van der Waals surface area contributed by atoms with E-state index in [0.29, 0.717) is 5.13 Å². The highest BCUT2D eigenvalue weighted by Crippen LogP contribution is 2.20. The summed E-state index contributed by atoms with van der Waals surface area (Å²) in [7, 11) is 0. The van der Waals surface area contributed by atoms with Gasteiger partial charge in [0.1, 0.15) is 0 Å². The van der Waals surface area contributed by atoms with Gasteiger partial charge in [0.15, 0.2) is 5.13 Å². The van der Waals surface area contributed by atoms with Crippen LogP contribution in [0.15, 0.2) is 21.9 Å². The Morgan fingerprint density at radius 2 is 2.20 bits per heavy atom. The molecule has 0 unspecified atom stereocenters. The van der Waals surface area contributed by atoms with Crippen LogP contribution in [-0.4, -0.2) is 20.4 Å². The molecule has 1 amide bonds. The Morgan fingerprint density at radius 3 is 2.80 bits per heavy atom. The molecule has 0 atom stereocenters. The number of nitrogens with zero attached hydrogens (tertiary/aromatic N) is 2. The average molecular weight is 294 g/mol. The summed E-state index contributed by atoms with van der Waals surface area (Å²) in [6, 6.07) is 1.24. The van der Waals surface area contributed by atoms with Crippen LogP contribution < -0.4 is 16.6 Å². The van der Waals surface area contributed by atoms with Crippen LogP contribution in [0.5, 0.6) is 0 Å². The first kappa shape index (κ1) is 14.2. The fourth-order valence-electron chi connectivity index (χ4n) is 1.55. The smallest absolute Gasteiger partial charge is 0.302 e. The lowest BCUT2D eigenvalue weighted by Crippen LogP contribution is -2.29. The van der Waals surface area contributed by atoms with Crippen LogP contribution in [0.2, 0.25) is 0 Å². The summed E-state index contributed by atoms with van der Waals surface area (Å²) >= 11 is 1.41. The maximum atomic E-state index is 11.8. The molecule has 2 aromatic rings. The lowest BCUT2D eigenvalue weighted by molar-refractivity contribution is -0.116. The molecule has 2 aromatic heterocycles. The summed E-state index contributed by atoms with van der Waals surface area (Å²) in [6.07, 6.45) is 1.50. The second-order valence-corrected chi connectivity index (χ2v) is 5.47. The first-order valence-corrected chi connectivity index (χ1v) is 6.81. The normalized spacial score (nSPS) is 10.5. The summed E-state index contributed by atoms with van der Waals surface area (Å²) in [6.45, 7) is 4.01. The number of rotatable bonds is 4. The Balaban J connectivity index is 1.95. The number of anilines is 1. The number of nitrogens with one attached hydrogen (secondary N) is 2. The predicted molar refractivity (Wildman–Crippen MR) is 76.2 cm³/mol. The monoisotopic (exact) mass is 294 g/mol. The van der Waals surface area contributed by atoms with Gasteiger partial charge in [0.05, 0.1) is 5.69 Å². The molecule has 2 heterocycles. The van der Waals surface area contributed by atoms with E-state index in [1.807, 2.05) is 13.8 Å². The Kier molecular flexibility index (Phi) is 4.14. The van der Waals surface area contributed by atoms with Crippen molar-refractivity contribution in [1.29, 1.82) is 0 Å². The van der Waals surface area contributed by atoms with Gasteiger partial charge >= 0.3 is 5.69 Å². The van der Waals surface area contributed by atoms with Gasteiger partial charge in [-0.25, -0.2) is 9.78 Å². The molecule has 0 aliphatic carbocycles. The SMILES string of the molecule is Cc1nc(NC(=O)CCn2ccc(=O)[nH]c2=O)sc1C. The molecule has 0 fully saturated rings. The second kappa shape index (κ2) is 5.83. The Bertz CT molecular complexity index is 724. The molecular formula is C12H14N4O3S. The van der Waals surface area contributed by atoms with Crippen molar-refractivity contribution in [2.24, 2.45) is 0 Å². The van der Waals surface area contributed by atoms with Crippen molar-refractivity contribution in [2.45, 2.75) is 26.8 Å². The van der Waals surface area contributed by atoms with Gasteiger partial charge in [-0.3, -0.25) is 14.6 Å². The number of amides is 1. The topological polar surface area (TPSA) is 96.8 Å². The molecule has 106 valence electrons. The number of aromatic nitrogens is 3. The maximum absolute atomic E-state index is 11.8. The van der Waals surface area contributed by atoms with Crippen LogP contribution in [0.3, 0.4) is 0 Å². The van der Waals surface area contributed by atoms with E-state index in [1.165, 1.54) is 28.2 Å². The van der Waals surface area contributed by atoms with Crippen molar-refractivity contribution in [3.05, 3.63) is 43.7 Å². The molecule has 8 heteroatoms. The second-order valence-electron chi connectivity index (χ2n) is 4.26. The van der Waals surface area contributed by atoms with Gasteiger partial charge in [-0.1, -0.05) is 0 Å². The van der Waals surface area contributed by atoms with E-state index in [0.717, 1.165) is 10.6 Å². The maximum Gasteiger partial charge on any atom is 0.328 e. The fraction of sp³-hybridized carbons (Fsp3) is 0.333. The van der Waals surface area contributed by atoms with Crippen molar-refractivity contribution in [3.8, 4) is 0 Å². The van der Waals surface area contributed by atoms with Gasteiger partial charge in [0.2, 0.25) is 5.91 Å². The summed E-state index contributed by atoms with van der Waals surface area (Å²) in [4.78, 5) is 41.5. The molecule has 0 bridgehead atoms. The summed E-state index contributed by atoms with van der Waals surface area (Å²) in [5, 5.41) is 3.24. The van der Waals surface area contributed by atoms with E-state index >= 15 is 0 Å². The molecule has 2 rings (SSSR count). The summed E-state index contributed by atoms with van der Waals surface area (Å²) in [5.74, 6) is -0.225. The molecule has 0 aliphatic rings. The minimum atomic E-state index is -0.522. The van der Waals surface area contributed by atoms with Crippen LogP contribution in [0.25, 0.3) is 0 Å². The van der Waals surface area contributed by atoms with E-state index in [-0.39, 0.29) is 18.9 Å². The van der Waals surface area contributed by atoms with Crippen LogP contribution in [0.1, 0.15) is 17.0 Å². The standard InChI is InChI=1S/C12H14N4O3S/c1-7-8(2)20-11(13-7)14-9(17)3-5-16-6-4-10(18)15-12(16)19/h4,6H,3,5H2,1-2H3,(H,13,14,17)(H,15,18,19). The number of hydrogen-bond donors (Lipinski definition) is 2. The number of aryl methyl sites for hydroxylation is 3. The molecule has 0 saturated heterocycles. The highest BCUT2D eigenvalue weighted by Gasteiger charge is 2.08. The molecule has 2 N–H and O–H groups in total. The number of aromatic amines is 1. The van der Waals surface area contributed by atoms with Gasteiger partial charge in [-0.2, -0.15) is 0 Å². The molecular weight excluding hydrogens is 280 g/mol. The molecule has 0 radical (unpaired) electrons. The molecule has 20 heavy (non-hydrogen) atoms. The Morgan fingerprint density at radius 1 is 1.45 bits per heavy atom. The molecule has 0 aromatic carbocycles. The van der Waals surface area contributed by atoms with Crippen LogP contribution >= 0.6 is 11.3 Å². The zero-order chi connectivity index (χ0) is 14.7. The summed E-state index contributed by atoms with van der Waals surface area (Å²) in [5.41, 5.74) is -0.0853. The number of carbonyl (C=O) groups excluding carboxylic acids is 1. The number of carbonyl (C=O) groups is 1. The van der Waals surface area contributed by atoms with Gasteiger partial charge in [-0.15, -0.1) is 11.3 Å². The van der Waals surface area contributed by atoms with Gasteiger partial charge < -0.3 is 9.88 Å². The van der Waals surface area contributed by atoms with Crippen LogP contribution in [-0.2, 0) is 11.3 Å². The first-order valence-electron chi connectivity index (χ1n) is 5.99. The minimum Gasteiger partial charge on any atom is -0.302 e. The summed E-state index contributed by atoms with van der Waals surface area (Å²) < 4.78 is 1.28. The first-order chi connectivity index (χ1) is 9.45. The Hall–Kier alpha value is -2.22.